The highest BCUT2D eigenvalue weighted by Gasteiger charge is 2.27. The summed E-state index contributed by atoms with van der Waals surface area (Å²) in [5, 5.41) is 0. The summed E-state index contributed by atoms with van der Waals surface area (Å²) >= 11 is 0. The smallest absolute Gasteiger partial charge is 0.207 e. The molecule has 3 aromatic rings. The van der Waals surface area contributed by atoms with Crippen molar-refractivity contribution in [1.82, 2.24) is 4.72 Å². The van der Waals surface area contributed by atoms with Crippen LogP contribution in [0, 0.1) is 11.6 Å². The summed E-state index contributed by atoms with van der Waals surface area (Å²) in [7, 11) is -4.10. The van der Waals surface area contributed by atoms with E-state index in [0.29, 0.717) is 6.07 Å². The van der Waals surface area contributed by atoms with E-state index in [0.717, 1.165) is 23.3 Å². The zero-order valence-electron chi connectivity index (χ0n) is 14.6. The first-order valence-corrected chi connectivity index (χ1v) is 9.93. The number of hydrogen-bond donors (Lipinski definition) is 1. The summed E-state index contributed by atoms with van der Waals surface area (Å²) in [5.41, 5.74) is 1.87. The first-order valence-electron chi connectivity index (χ1n) is 8.45. The van der Waals surface area contributed by atoms with Gasteiger partial charge in [0.2, 0.25) is 10.0 Å². The van der Waals surface area contributed by atoms with Crippen molar-refractivity contribution in [3.63, 3.8) is 0 Å². The van der Waals surface area contributed by atoms with Crippen molar-refractivity contribution < 1.29 is 17.2 Å². The average Bonchev–Trinajstić information content (AvgIpc) is 2.62. The Hall–Kier alpha value is -2.57. The van der Waals surface area contributed by atoms with E-state index in [1.54, 1.807) is 6.92 Å². The molecule has 0 aliphatic carbocycles. The second-order valence-electron chi connectivity index (χ2n) is 6.31. The Kier molecular flexibility index (Phi) is 5.68. The van der Waals surface area contributed by atoms with Crippen LogP contribution in [-0.4, -0.2) is 14.5 Å². The lowest BCUT2D eigenvalue weighted by Gasteiger charge is -2.26. The van der Waals surface area contributed by atoms with Gasteiger partial charge in [0.25, 0.3) is 0 Å². The molecule has 3 rings (SSSR count). The Morgan fingerprint density at radius 3 is 1.67 bits per heavy atom. The lowest BCUT2D eigenvalue weighted by atomic mass is 9.86. The van der Waals surface area contributed by atoms with Crippen LogP contribution < -0.4 is 4.72 Å². The van der Waals surface area contributed by atoms with Crippen LogP contribution in [0.3, 0.4) is 0 Å². The van der Waals surface area contributed by atoms with Crippen LogP contribution in [0.1, 0.15) is 24.0 Å². The SMILES string of the molecule is CC(NS(=O)(=O)c1cc(F)cc(F)c1)C(c1ccccc1)c1ccccc1. The molecule has 140 valence electrons. The van der Waals surface area contributed by atoms with E-state index in [4.69, 9.17) is 0 Å². The van der Waals surface area contributed by atoms with Crippen molar-refractivity contribution >= 4 is 10.0 Å². The largest absolute Gasteiger partial charge is 0.241 e. The fourth-order valence-electron chi connectivity index (χ4n) is 3.16. The Balaban J connectivity index is 1.96. The highest BCUT2D eigenvalue weighted by molar-refractivity contribution is 7.89. The van der Waals surface area contributed by atoms with E-state index in [9.17, 15) is 17.2 Å². The Labute approximate surface area is 157 Å². The fraction of sp³-hybridized carbons (Fsp3) is 0.143. The van der Waals surface area contributed by atoms with Crippen molar-refractivity contribution in [2.75, 3.05) is 0 Å². The van der Waals surface area contributed by atoms with E-state index >= 15 is 0 Å². The standard InChI is InChI=1S/C21H19F2NO2S/c1-15(24-27(25,26)20-13-18(22)12-19(23)14-20)21(16-8-4-2-5-9-16)17-10-6-3-7-11-17/h2-15,21,24H,1H3. The highest BCUT2D eigenvalue weighted by Crippen LogP contribution is 2.29. The molecule has 0 saturated heterocycles. The molecule has 1 unspecified atom stereocenters. The molecular formula is C21H19F2NO2S. The molecule has 3 aromatic carbocycles. The van der Waals surface area contributed by atoms with Gasteiger partial charge in [-0.3, -0.25) is 0 Å². The van der Waals surface area contributed by atoms with E-state index in [2.05, 4.69) is 4.72 Å². The maximum Gasteiger partial charge on any atom is 0.241 e. The second kappa shape index (κ2) is 7.98. The normalized spacial score (nSPS) is 12.9. The lowest BCUT2D eigenvalue weighted by molar-refractivity contribution is 0.533. The fourth-order valence-corrected chi connectivity index (χ4v) is 4.45. The molecule has 0 aromatic heterocycles. The van der Waals surface area contributed by atoms with Crippen molar-refractivity contribution in [3.05, 3.63) is 102 Å². The molecule has 3 nitrogen and oxygen atoms in total. The number of halogens is 2. The van der Waals surface area contributed by atoms with Crippen LogP contribution in [0.15, 0.2) is 83.8 Å². The van der Waals surface area contributed by atoms with Gasteiger partial charge in [0.1, 0.15) is 11.6 Å². The Morgan fingerprint density at radius 2 is 1.22 bits per heavy atom. The predicted molar refractivity (Wildman–Crippen MR) is 101 cm³/mol. The number of nitrogens with one attached hydrogen (secondary N) is 1. The van der Waals surface area contributed by atoms with E-state index < -0.39 is 32.6 Å². The maximum absolute atomic E-state index is 13.5. The minimum atomic E-state index is -4.10. The molecule has 0 spiro atoms. The van der Waals surface area contributed by atoms with Crippen molar-refractivity contribution in [1.29, 1.82) is 0 Å². The zero-order valence-corrected chi connectivity index (χ0v) is 15.5. The monoisotopic (exact) mass is 387 g/mol. The third-order valence-corrected chi connectivity index (χ3v) is 5.84. The first kappa shape index (κ1) is 19.2. The molecule has 0 saturated carbocycles. The van der Waals surface area contributed by atoms with Crippen molar-refractivity contribution in [2.45, 2.75) is 23.8 Å². The van der Waals surface area contributed by atoms with Gasteiger partial charge in [-0.15, -0.1) is 0 Å². The molecule has 0 heterocycles. The van der Waals surface area contributed by atoms with Gasteiger partial charge in [0.15, 0.2) is 0 Å². The van der Waals surface area contributed by atoms with Crippen LogP contribution in [0.5, 0.6) is 0 Å². The molecule has 0 bridgehead atoms. The molecular weight excluding hydrogens is 368 g/mol. The topological polar surface area (TPSA) is 46.2 Å². The number of rotatable bonds is 6. The molecule has 27 heavy (non-hydrogen) atoms. The lowest BCUT2D eigenvalue weighted by Crippen LogP contribution is -2.37. The van der Waals surface area contributed by atoms with Gasteiger partial charge in [-0.25, -0.2) is 21.9 Å². The van der Waals surface area contributed by atoms with Gasteiger partial charge in [0, 0.05) is 18.0 Å². The summed E-state index contributed by atoms with van der Waals surface area (Å²) in [4.78, 5) is -0.438. The highest BCUT2D eigenvalue weighted by atomic mass is 32.2. The zero-order chi connectivity index (χ0) is 19.4. The quantitative estimate of drug-likeness (QED) is 0.679. The summed E-state index contributed by atoms with van der Waals surface area (Å²) in [6.07, 6.45) is 0. The number of hydrogen-bond acceptors (Lipinski definition) is 2. The van der Waals surface area contributed by atoms with Crippen molar-refractivity contribution in [3.8, 4) is 0 Å². The second-order valence-corrected chi connectivity index (χ2v) is 8.03. The van der Waals surface area contributed by atoms with Crippen LogP contribution in [-0.2, 0) is 10.0 Å². The summed E-state index contributed by atoms with van der Waals surface area (Å²) < 4.78 is 54.8. The van der Waals surface area contributed by atoms with Gasteiger partial charge >= 0.3 is 0 Å². The van der Waals surface area contributed by atoms with Crippen LogP contribution >= 0.6 is 0 Å². The molecule has 0 aliphatic heterocycles. The summed E-state index contributed by atoms with van der Waals surface area (Å²) in [6.45, 7) is 1.73. The predicted octanol–water partition coefficient (Wildman–Crippen LogP) is 4.46. The third kappa shape index (κ3) is 4.59. The van der Waals surface area contributed by atoms with Gasteiger partial charge in [-0.05, 0) is 30.2 Å². The molecule has 6 heteroatoms. The average molecular weight is 387 g/mol. The Morgan fingerprint density at radius 1 is 0.778 bits per heavy atom. The van der Waals surface area contributed by atoms with Gasteiger partial charge < -0.3 is 0 Å². The van der Waals surface area contributed by atoms with E-state index in [1.807, 2.05) is 60.7 Å². The maximum atomic E-state index is 13.5. The van der Waals surface area contributed by atoms with Crippen molar-refractivity contribution in [2.24, 2.45) is 0 Å². The first-order chi connectivity index (χ1) is 12.9. The van der Waals surface area contributed by atoms with Crippen LogP contribution in [0.4, 0.5) is 8.78 Å². The third-order valence-electron chi connectivity index (χ3n) is 4.30. The molecule has 0 amide bonds. The van der Waals surface area contributed by atoms with Gasteiger partial charge in [-0.2, -0.15) is 0 Å². The molecule has 0 radical (unpaired) electrons. The minimum absolute atomic E-state index is 0.263. The Bertz CT molecular complexity index is 949. The summed E-state index contributed by atoms with van der Waals surface area (Å²) in [6, 6.07) is 20.7. The molecule has 1 atom stereocenters. The van der Waals surface area contributed by atoms with Gasteiger partial charge in [0.05, 0.1) is 4.90 Å². The van der Waals surface area contributed by atoms with Crippen LogP contribution in [0.25, 0.3) is 0 Å². The molecule has 0 aliphatic rings. The van der Waals surface area contributed by atoms with E-state index in [1.165, 1.54) is 0 Å². The molecule has 0 fully saturated rings. The number of benzene rings is 3. The van der Waals surface area contributed by atoms with E-state index in [-0.39, 0.29) is 5.92 Å². The van der Waals surface area contributed by atoms with Crippen LogP contribution in [0.2, 0.25) is 0 Å². The summed E-state index contributed by atoms with van der Waals surface area (Å²) in [5.74, 6) is -2.14. The molecule has 1 N–H and O–H groups in total. The number of sulfonamides is 1. The minimum Gasteiger partial charge on any atom is -0.207 e. The van der Waals surface area contributed by atoms with Gasteiger partial charge in [-0.1, -0.05) is 60.7 Å².